The molecule has 0 fully saturated rings. The normalized spacial score (nSPS) is 12.4. The molecule has 1 unspecified atom stereocenters. The highest BCUT2D eigenvalue weighted by Gasteiger charge is 2.14. The molecule has 0 amide bonds. The molecule has 0 saturated heterocycles. The fourth-order valence-electron chi connectivity index (χ4n) is 3.87. The van der Waals surface area contributed by atoms with E-state index in [9.17, 15) is 0 Å². The van der Waals surface area contributed by atoms with Gasteiger partial charge in [-0.25, -0.2) is 0 Å². The Balaban J connectivity index is 1.97. The van der Waals surface area contributed by atoms with Gasteiger partial charge < -0.3 is 14.7 Å². The molecule has 0 bridgehead atoms. The van der Waals surface area contributed by atoms with Crippen LogP contribution >= 0.6 is 0 Å². The second kappa shape index (κ2) is 10.6. The highest BCUT2D eigenvalue weighted by Crippen LogP contribution is 2.35. The molecule has 3 aromatic carbocycles. The second-order valence-electron chi connectivity index (χ2n) is 9.04. The maximum absolute atomic E-state index is 2.35. The van der Waals surface area contributed by atoms with Crippen molar-refractivity contribution in [3.8, 4) is 0 Å². The van der Waals surface area contributed by atoms with Gasteiger partial charge in [-0.1, -0.05) is 50.2 Å². The van der Waals surface area contributed by atoms with Crippen molar-refractivity contribution in [2.24, 2.45) is 0 Å². The van der Waals surface area contributed by atoms with E-state index in [0.717, 1.165) is 19.5 Å². The highest BCUT2D eigenvalue weighted by atomic mass is 15.1. The monoisotopic (exact) mass is 415 g/mol. The maximum atomic E-state index is 2.35. The molecule has 0 aliphatic rings. The second-order valence-corrected chi connectivity index (χ2v) is 9.04. The predicted octanol–water partition coefficient (Wildman–Crippen LogP) is 6.79. The minimum atomic E-state index is 0.582. The van der Waals surface area contributed by atoms with Gasteiger partial charge in [0.2, 0.25) is 0 Å². The number of rotatable bonds is 9. The van der Waals surface area contributed by atoms with E-state index in [2.05, 4.69) is 130 Å². The summed E-state index contributed by atoms with van der Waals surface area (Å²) in [6.45, 7) is 6.43. The molecule has 0 radical (unpaired) electrons. The van der Waals surface area contributed by atoms with Crippen molar-refractivity contribution in [1.29, 1.82) is 0 Å². The summed E-state index contributed by atoms with van der Waals surface area (Å²) in [7, 11) is 8.42. The standard InChI is InChI=1S/C28H37N3/c1-7-22(2)25-12-18-28(19-13-25)31(26-14-8-23(9-15-26)20-29(3)4)27-16-10-24(11-17-27)21-30(5)6/h8-19,22H,7,20-21H2,1-6H3. The van der Waals surface area contributed by atoms with Crippen molar-refractivity contribution in [2.45, 2.75) is 39.3 Å². The van der Waals surface area contributed by atoms with Crippen LogP contribution in [0.25, 0.3) is 0 Å². The topological polar surface area (TPSA) is 9.72 Å². The zero-order valence-corrected chi connectivity index (χ0v) is 20.0. The summed E-state index contributed by atoms with van der Waals surface area (Å²) in [4.78, 5) is 6.74. The predicted molar refractivity (Wildman–Crippen MR) is 135 cm³/mol. The van der Waals surface area contributed by atoms with Gasteiger partial charge in [-0.3, -0.25) is 0 Å². The lowest BCUT2D eigenvalue weighted by atomic mass is 9.98. The third-order valence-corrected chi connectivity index (χ3v) is 5.72. The summed E-state index contributed by atoms with van der Waals surface area (Å²) in [5.74, 6) is 0.582. The number of nitrogens with zero attached hydrogens (tertiary/aromatic N) is 3. The first-order valence-electron chi connectivity index (χ1n) is 11.2. The van der Waals surface area contributed by atoms with E-state index in [4.69, 9.17) is 0 Å². The zero-order valence-electron chi connectivity index (χ0n) is 20.0. The molecule has 3 aromatic rings. The Bertz CT molecular complexity index is 872. The molecular formula is C28H37N3. The maximum Gasteiger partial charge on any atom is 0.0461 e. The summed E-state index contributed by atoms with van der Waals surface area (Å²) >= 11 is 0. The van der Waals surface area contributed by atoms with Gasteiger partial charge in [0.05, 0.1) is 0 Å². The smallest absolute Gasteiger partial charge is 0.0461 e. The van der Waals surface area contributed by atoms with Gasteiger partial charge in [-0.2, -0.15) is 0 Å². The minimum Gasteiger partial charge on any atom is -0.311 e. The zero-order chi connectivity index (χ0) is 22.4. The molecule has 3 rings (SSSR count). The number of hydrogen-bond acceptors (Lipinski definition) is 3. The van der Waals surface area contributed by atoms with Gasteiger partial charge in [0, 0.05) is 30.2 Å². The molecule has 0 aliphatic carbocycles. The molecular weight excluding hydrogens is 378 g/mol. The van der Waals surface area contributed by atoms with E-state index in [0.29, 0.717) is 5.92 Å². The first-order chi connectivity index (χ1) is 14.9. The lowest BCUT2D eigenvalue weighted by Crippen LogP contribution is -2.13. The molecule has 31 heavy (non-hydrogen) atoms. The van der Waals surface area contributed by atoms with Crippen molar-refractivity contribution >= 4 is 17.1 Å². The summed E-state index contributed by atoms with van der Waals surface area (Å²) in [5.41, 5.74) is 7.59. The summed E-state index contributed by atoms with van der Waals surface area (Å²) in [5, 5.41) is 0. The van der Waals surface area contributed by atoms with E-state index in [1.807, 2.05) is 0 Å². The number of anilines is 3. The van der Waals surface area contributed by atoms with Crippen molar-refractivity contribution < 1.29 is 0 Å². The summed E-state index contributed by atoms with van der Waals surface area (Å²) in [6.07, 6.45) is 1.16. The third-order valence-electron chi connectivity index (χ3n) is 5.72. The number of hydrogen-bond donors (Lipinski definition) is 0. The van der Waals surface area contributed by atoms with Gasteiger partial charge in [-0.05, 0) is 93.6 Å². The fraction of sp³-hybridized carbons (Fsp3) is 0.357. The van der Waals surface area contributed by atoms with Crippen LogP contribution in [-0.2, 0) is 13.1 Å². The Morgan fingerprint density at radius 1 is 0.581 bits per heavy atom. The van der Waals surface area contributed by atoms with Gasteiger partial charge in [0.15, 0.2) is 0 Å². The van der Waals surface area contributed by atoms with E-state index >= 15 is 0 Å². The molecule has 1 atom stereocenters. The molecule has 3 nitrogen and oxygen atoms in total. The van der Waals surface area contributed by atoms with Gasteiger partial charge >= 0.3 is 0 Å². The lowest BCUT2D eigenvalue weighted by molar-refractivity contribution is 0.402. The molecule has 0 saturated carbocycles. The Labute approximate surface area is 188 Å². The van der Waals surface area contributed by atoms with Gasteiger partial charge in [-0.15, -0.1) is 0 Å². The molecule has 164 valence electrons. The Hall–Kier alpha value is -2.62. The number of benzene rings is 3. The molecule has 0 N–H and O–H groups in total. The van der Waals surface area contributed by atoms with Crippen LogP contribution in [0.2, 0.25) is 0 Å². The van der Waals surface area contributed by atoms with Gasteiger partial charge in [0.25, 0.3) is 0 Å². The Morgan fingerprint density at radius 3 is 1.26 bits per heavy atom. The van der Waals surface area contributed by atoms with Crippen molar-refractivity contribution in [1.82, 2.24) is 9.80 Å². The van der Waals surface area contributed by atoms with E-state index in [1.54, 1.807) is 0 Å². The lowest BCUT2D eigenvalue weighted by Gasteiger charge is -2.26. The molecule has 3 heteroatoms. The summed E-state index contributed by atoms with van der Waals surface area (Å²) in [6, 6.07) is 26.9. The van der Waals surface area contributed by atoms with Crippen molar-refractivity contribution in [2.75, 3.05) is 33.1 Å². The first-order valence-corrected chi connectivity index (χ1v) is 11.2. The van der Waals surface area contributed by atoms with Crippen molar-refractivity contribution in [3.05, 3.63) is 89.5 Å². The van der Waals surface area contributed by atoms with Crippen LogP contribution in [0.15, 0.2) is 72.8 Å². The van der Waals surface area contributed by atoms with Crippen LogP contribution < -0.4 is 4.90 Å². The van der Waals surface area contributed by atoms with Crippen LogP contribution in [0, 0.1) is 0 Å². The largest absolute Gasteiger partial charge is 0.311 e. The SMILES string of the molecule is CCC(C)c1ccc(N(c2ccc(CN(C)C)cc2)c2ccc(CN(C)C)cc2)cc1. The van der Waals surface area contributed by atoms with Crippen LogP contribution in [-0.4, -0.2) is 38.0 Å². The van der Waals surface area contributed by atoms with Crippen molar-refractivity contribution in [3.63, 3.8) is 0 Å². The van der Waals surface area contributed by atoms with Crippen LogP contribution in [0.4, 0.5) is 17.1 Å². The average Bonchev–Trinajstić information content (AvgIpc) is 2.75. The molecule has 0 spiro atoms. The quantitative estimate of drug-likeness (QED) is 0.381. The molecule has 0 heterocycles. The van der Waals surface area contributed by atoms with Gasteiger partial charge in [0.1, 0.15) is 0 Å². The Morgan fingerprint density at radius 2 is 0.935 bits per heavy atom. The fourth-order valence-corrected chi connectivity index (χ4v) is 3.87. The summed E-state index contributed by atoms with van der Waals surface area (Å²) < 4.78 is 0. The minimum absolute atomic E-state index is 0.582. The molecule has 0 aliphatic heterocycles. The first kappa shape index (κ1) is 23.1. The van der Waals surface area contributed by atoms with Crippen LogP contribution in [0.1, 0.15) is 42.9 Å². The highest BCUT2D eigenvalue weighted by molar-refractivity contribution is 5.76. The van der Waals surface area contributed by atoms with E-state index in [1.165, 1.54) is 33.8 Å². The van der Waals surface area contributed by atoms with Crippen LogP contribution in [0.3, 0.4) is 0 Å². The third kappa shape index (κ3) is 6.19. The van der Waals surface area contributed by atoms with E-state index in [-0.39, 0.29) is 0 Å². The molecule has 0 aromatic heterocycles. The van der Waals surface area contributed by atoms with Crippen LogP contribution in [0.5, 0.6) is 0 Å². The van der Waals surface area contributed by atoms with E-state index < -0.39 is 0 Å². The Kier molecular flexibility index (Phi) is 7.89. The average molecular weight is 416 g/mol.